The largest absolute Gasteiger partial charge is 0.507 e. The number of amides is 1. The van der Waals surface area contributed by atoms with E-state index in [2.05, 4.69) is 97.3 Å². The molecule has 0 aliphatic carbocycles. The zero-order valence-electron chi connectivity index (χ0n) is 22.9. The van der Waals surface area contributed by atoms with Crippen molar-refractivity contribution in [2.45, 2.75) is 71.8 Å². The standard InChI is InChI=1S/C31H36I2N2O3/c1-30(2,3)23-14-21(15-24(28(23)37)31(4,5)6)12-13-27(36)35-34-18-22-16-25(32)29(26(33)17-22)38-19-20-10-8-7-9-11-20/h7-11,14-18,37H,12-13,19H2,1-6H3,(H,35,36)/b34-18-. The fraction of sp³-hybridized carbons (Fsp3) is 0.355. The summed E-state index contributed by atoms with van der Waals surface area (Å²) in [4.78, 5) is 12.5. The summed E-state index contributed by atoms with van der Waals surface area (Å²) in [5.74, 6) is 1.04. The van der Waals surface area contributed by atoms with E-state index in [4.69, 9.17) is 4.74 Å². The molecule has 0 atom stereocenters. The minimum Gasteiger partial charge on any atom is -0.507 e. The first-order valence-electron chi connectivity index (χ1n) is 12.6. The van der Waals surface area contributed by atoms with Crippen LogP contribution in [0.25, 0.3) is 0 Å². The second-order valence-electron chi connectivity index (χ2n) is 11.4. The van der Waals surface area contributed by atoms with Gasteiger partial charge in [-0.1, -0.05) is 84.0 Å². The van der Waals surface area contributed by atoms with Crippen LogP contribution in [-0.4, -0.2) is 17.2 Å². The third-order valence-electron chi connectivity index (χ3n) is 6.08. The van der Waals surface area contributed by atoms with E-state index >= 15 is 0 Å². The van der Waals surface area contributed by atoms with Gasteiger partial charge < -0.3 is 9.84 Å². The zero-order chi connectivity index (χ0) is 28.1. The summed E-state index contributed by atoms with van der Waals surface area (Å²) >= 11 is 4.52. The topological polar surface area (TPSA) is 70.9 Å². The molecule has 0 aromatic heterocycles. The number of carbonyl (C=O) groups excluding carboxylic acids is 1. The fourth-order valence-corrected chi connectivity index (χ4v) is 6.12. The van der Waals surface area contributed by atoms with Gasteiger partial charge in [0.2, 0.25) is 5.91 Å². The van der Waals surface area contributed by atoms with Gasteiger partial charge in [-0.3, -0.25) is 4.79 Å². The van der Waals surface area contributed by atoms with Crippen LogP contribution in [-0.2, 0) is 28.7 Å². The number of aromatic hydroxyl groups is 1. The average molecular weight is 738 g/mol. The van der Waals surface area contributed by atoms with Gasteiger partial charge in [0.05, 0.1) is 13.4 Å². The molecule has 0 aliphatic heterocycles. The van der Waals surface area contributed by atoms with Gasteiger partial charge in [0.25, 0.3) is 0 Å². The van der Waals surface area contributed by atoms with E-state index in [1.807, 2.05) is 54.6 Å². The quantitative estimate of drug-likeness (QED) is 0.141. The molecule has 38 heavy (non-hydrogen) atoms. The van der Waals surface area contributed by atoms with Gasteiger partial charge in [-0.2, -0.15) is 5.10 Å². The lowest BCUT2D eigenvalue weighted by molar-refractivity contribution is -0.121. The number of rotatable bonds is 8. The predicted molar refractivity (Wildman–Crippen MR) is 172 cm³/mol. The van der Waals surface area contributed by atoms with Gasteiger partial charge in [0.1, 0.15) is 18.1 Å². The highest BCUT2D eigenvalue weighted by molar-refractivity contribution is 14.1. The molecule has 5 nitrogen and oxygen atoms in total. The summed E-state index contributed by atoms with van der Waals surface area (Å²) in [7, 11) is 0. The van der Waals surface area contributed by atoms with Crippen LogP contribution in [0.5, 0.6) is 11.5 Å². The van der Waals surface area contributed by atoms with Crippen LogP contribution in [0.1, 0.15) is 75.8 Å². The van der Waals surface area contributed by atoms with E-state index < -0.39 is 0 Å². The maximum atomic E-state index is 12.5. The Morgan fingerprint density at radius 2 is 1.47 bits per heavy atom. The Morgan fingerprint density at radius 3 is 2.00 bits per heavy atom. The smallest absolute Gasteiger partial charge is 0.240 e. The molecule has 3 aromatic rings. The number of phenolic OH excluding ortho intramolecular Hbond substituents is 1. The SMILES string of the molecule is CC(C)(C)c1cc(CCC(=O)N/N=C\c2cc(I)c(OCc3ccccc3)c(I)c2)cc(C(C)(C)C)c1O. The van der Waals surface area contributed by atoms with Crippen LogP contribution in [0.3, 0.4) is 0 Å². The van der Waals surface area contributed by atoms with Crippen LogP contribution in [0.2, 0.25) is 0 Å². The molecule has 0 heterocycles. The number of halogens is 2. The molecule has 7 heteroatoms. The van der Waals surface area contributed by atoms with Gasteiger partial charge in [-0.15, -0.1) is 0 Å². The molecule has 0 aliphatic rings. The maximum absolute atomic E-state index is 12.5. The number of nitrogens with zero attached hydrogens (tertiary/aromatic N) is 1. The Kier molecular flexibility index (Phi) is 10.2. The Hall–Kier alpha value is -2.14. The first-order valence-corrected chi connectivity index (χ1v) is 14.8. The van der Waals surface area contributed by atoms with Gasteiger partial charge in [0, 0.05) is 6.42 Å². The molecule has 202 valence electrons. The number of hydrogen-bond acceptors (Lipinski definition) is 4. The highest BCUT2D eigenvalue weighted by Crippen LogP contribution is 2.40. The molecule has 0 fully saturated rings. The summed E-state index contributed by atoms with van der Waals surface area (Å²) in [5, 5.41) is 15.1. The number of phenols is 1. The van der Waals surface area contributed by atoms with Crippen molar-refractivity contribution in [1.82, 2.24) is 5.43 Å². The van der Waals surface area contributed by atoms with Gasteiger partial charge in [-0.25, -0.2) is 5.43 Å². The normalized spacial score (nSPS) is 12.1. The molecule has 3 aromatic carbocycles. The van der Waals surface area contributed by atoms with E-state index in [-0.39, 0.29) is 16.7 Å². The van der Waals surface area contributed by atoms with Crippen molar-refractivity contribution >= 4 is 57.3 Å². The summed E-state index contributed by atoms with van der Waals surface area (Å²) < 4.78 is 8.01. The molecule has 0 saturated carbocycles. The van der Waals surface area contributed by atoms with E-state index in [0.717, 1.165) is 40.7 Å². The summed E-state index contributed by atoms with van der Waals surface area (Å²) in [5.41, 5.74) is 7.07. The third kappa shape index (κ3) is 8.43. The van der Waals surface area contributed by atoms with Crippen LogP contribution in [0, 0.1) is 7.14 Å². The molecule has 2 N–H and O–H groups in total. The minimum absolute atomic E-state index is 0.156. The second-order valence-corrected chi connectivity index (χ2v) is 13.7. The first kappa shape index (κ1) is 30.4. The Balaban J connectivity index is 1.62. The van der Waals surface area contributed by atoms with E-state index in [0.29, 0.717) is 25.2 Å². The van der Waals surface area contributed by atoms with Gasteiger partial charge in [0.15, 0.2) is 0 Å². The minimum atomic E-state index is -0.205. The van der Waals surface area contributed by atoms with Crippen molar-refractivity contribution in [1.29, 1.82) is 0 Å². The number of hydrogen-bond donors (Lipinski definition) is 2. The van der Waals surface area contributed by atoms with E-state index in [9.17, 15) is 9.90 Å². The van der Waals surface area contributed by atoms with Crippen LogP contribution in [0.15, 0.2) is 59.7 Å². The predicted octanol–water partition coefficient (Wildman–Crippen LogP) is 7.86. The monoisotopic (exact) mass is 738 g/mol. The number of carbonyl (C=O) groups is 1. The number of benzene rings is 3. The Labute approximate surface area is 253 Å². The van der Waals surface area contributed by atoms with Crippen LogP contribution < -0.4 is 10.2 Å². The summed E-state index contributed by atoms with van der Waals surface area (Å²) in [6.07, 6.45) is 2.52. The molecular formula is C31H36I2N2O3. The van der Waals surface area contributed by atoms with E-state index in [1.165, 1.54) is 0 Å². The number of aryl methyl sites for hydroxylation is 1. The van der Waals surface area contributed by atoms with Gasteiger partial charge in [-0.05, 0) is 102 Å². The highest BCUT2D eigenvalue weighted by atomic mass is 127. The molecule has 0 radical (unpaired) electrons. The van der Waals surface area contributed by atoms with Crippen molar-refractivity contribution in [3.8, 4) is 11.5 Å². The lowest BCUT2D eigenvalue weighted by Gasteiger charge is -2.28. The van der Waals surface area contributed by atoms with Gasteiger partial charge >= 0.3 is 0 Å². The third-order valence-corrected chi connectivity index (χ3v) is 7.68. The Bertz CT molecular complexity index is 1250. The Morgan fingerprint density at radius 1 is 0.921 bits per heavy atom. The van der Waals surface area contributed by atoms with Crippen LogP contribution in [0.4, 0.5) is 0 Å². The molecular weight excluding hydrogens is 702 g/mol. The van der Waals surface area contributed by atoms with Crippen molar-refractivity contribution in [3.63, 3.8) is 0 Å². The average Bonchev–Trinajstić information content (AvgIpc) is 2.82. The van der Waals surface area contributed by atoms with E-state index in [1.54, 1.807) is 6.21 Å². The number of ether oxygens (including phenoxy) is 1. The molecule has 0 unspecified atom stereocenters. The lowest BCUT2D eigenvalue weighted by atomic mass is 9.78. The van der Waals surface area contributed by atoms with Crippen molar-refractivity contribution in [2.24, 2.45) is 5.10 Å². The molecule has 0 saturated heterocycles. The molecule has 0 spiro atoms. The zero-order valence-corrected chi connectivity index (χ0v) is 27.2. The van der Waals surface area contributed by atoms with Crippen molar-refractivity contribution < 1.29 is 14.6 Å². The molecule has 3 rings (SSSR count). The first-order chi connectivity index (χ1) is 17.8. The van der Waals surface area contributed by atoms with Crippen LogP contribution >= 0.6 is 45.2 Å². The van der Waals surface area contributed by atoms with Crippen molar-refractivity contribution in [2.75, 3.05) is 0 Å². The lowest BCUT2D eigenvalue weighted by Crippen LogP contribution is -2.20. The number of hydrazone groups is 1. The second kappa shape index (κ2) is 12.8. The fourth-order valence-electron chi connectivity index (χ4n) is 4.00. The number of nitrogens with one attached hydrogen (secondary N) is 1. The highest BCUT2D eigenvalue weighted by Gasteiger charge is 2.26. The summed E-state index contributed by atoms with van der Waals surface area (Å²) in [6, 6.07) is 18.1. The molecule has 0 bridgehead atoms. The summed E-state index contributed by atoms with van der Waals surface area (Å²) in [6.45, 7) is 13.0. The maximum Gasteiger partial charge on any atom is 0.240 e. The molecule has 1 amide bonds. The van der Waals surface area contributed by atoms with Crippen molar-refractivity contribution in [3.05, 3.63) is 89.6 Å².